The van der Waals surface area contributed by atoms with Crippen LogP contribution < -0.4 is 5.32 Å². The number of ether oxygens (including phenoxy) is 1. The first-order chi connectivity index (χ1) is 9.03. The second kappa shape index (κ2) is 7.85. The first kappa shape index (κ1) is 16.4. The Balaban J connectivity index is 2.40. The maximum absolute atomic E-state index is 12.1. The Bertz CT molecular complexity index is 279. The van der Waals surface area contributed by atoms with Crippen LogP contribution in [0.3, 0.4) is 0 Å². The molecule has 0 spiro atoms. The third-order valence-electron chi connectivity index (χ3n) is 3.85. The van der Waals surface area contributed by atoms with Gasteiger partial charge in [0.2, 0.25) is 0 Å². The standard InChI is InChI=1S/C15H30N2O2/c1-5-11-16-15(3,14(18)19-6-2)10-7-12-17(4)13-8-9-13/h13,16H,5-12H2,1-4H3. The molecule has 4 heteroatoms. The molecular formula is C15H30N2O2. The number of esters is 1. The molecule has 112 valence electrons. The SMILES string of the molecule is CCCNC(C)(CCCN(C)C1CC1)C(=O)OCC. The number of hydrogen-bond donors (Lipinski definition) is 1. The summed E-state index contributed by atoms with van der Waals surface area (Å²) in [5.74, 6) is -0.113. The summed E-state index contributed by atoms with van der Waals surface area (Å²) in [7, 11) is 2.18. The lowest BCUT2D eigenvalue weighted by molar-refractivity contribution is -0.150. The largest absolute Gasteiger partial charge is 0.465 e. The van der Waals surface area contributed by atoms with Crippen LogP contribution in [0.1, 0.15) is 52.9 Å². The molecule has 1 saturated carbocycles. The van der Waals surface area contributed by atoms with E-state index in [4.69, 9.17) is 4.74 Å². The molecule has 1 N–H and O–H groups in total. The summed E-state index contributed by atoms with van der Waals surface area (Å²) in [6, 6.07) is 0.789. The predicted octanol–water partition coefficient (Wildman–Crippen LogP) is 2.18. The topological polar surface area (TPSA) is 41.6 Å². The Hall–Kier alpha value is -0.610. The highest BCUT2D eigenvalue weighted by atomic mass is 16.5. The number of hydrogen-bond acceptors (Lipinski definition) is 4. The average molecular weight is 270 g/mol. The first-order valence-corrected chi connectivity index (χ1v) is 7.66. The van der Waals surface area contributed by atoms with Crippen LogP contribution in [0.2, 0.25) is 0 Å². The number of carbonyl (C=O) groups excluding carboxylic acids is 1. The summed E-state index contributed by atoms with van der Waals surface area (Å²) in [5.41, 5.74) is -0.531. The fourth-order valence-electron chi connectivity index (χ4n) is 2.33. The molecule has 0 aromatic rings. The second-order valence-electron chi connectivity index (χ2n) is 5.79. The van der Waals surface area contributed by atoms with Crippen LogP contribution in [-0.2, 0) is 9.53 Å². The fraction of sp³-hybridized carbons (Fsp3) is 0.933. The molecule has 0 aromatic heterocycles. The van der Waals surface area contributed by atoms with Crippen LogP contribution in [0, 0.1) is 0 Å². The number of nitrogens with one attached hydrogen (secondary N) is 1. The normalized spacial score (nSPS) is 18.4. The Morgan fingerprint density at radius 1 is 1.42 bits per heavy atom. The van der Waals surface area contributed by atoms with E-state index in [9.17, 15) is 4.79 Å². The van der Waals surface area contributed by atoms with Crippen LogP contribution in [0.15, 0.2) is 0 Å². The lowest BCUT2D eigenvalue weighted by Gasteiger charge is -2.29. The first-order valence-electron chi connectivity index (χ1n) is 7.66. The molecule has 1 fully saturated rings. The van der Waals surface area contributed by atoms with Gasteiger partial charge in [-0.15, -0.1) is 0 Å². The maximum atomic E-state index is 12.1. The number of rotatable bonds is 10. The third-order valence-corrected chi connectivity index (χ3v) is 3.85. The van der Waals surface area contributed by atoms with Crippen molar-refractivity contribution >= 4 is 5.97 Å². The molecule has 4 nitrogen and oxygen atoms in total. The van der Waals surface area contributed by atoms with Crippen LogP contribution in [0.4, 0.5) is 0 Å². The van der Waals surface area contributed by atoms with Crippen LogP contribution >= 0.6 is 0 Å². The van der Waals surface area contributed by atoms with Crippen molar-refractivity contribution in [3.8, 4) is 0 Å². The van der Waals surface area contributed by atoms with Gasteiger partial charge in [-0.2, -0.15) is 0 Å². The van der Waals surface area contributed by atoms with Crippen molar-refractivity contribution in [1.82, 2.24) is 10.2 Å². The van der Waals surface area contributed by atoms with Crippen LogP contribution in [0.25, 0.3) is 0 Å². The summed E-state index contributed by atoms with van der Waals surface area (Å²) in [6.07, 6.45) is 5.55. The Kier molecular flexibility index (Phi) is 6.80. The van der Waals surface area contributed by atoms with Gasteiger partial charge in [-0.3, -0.25) is 4.79 Å². The van der Waals surface area contributed by atoms with E-state index in [0.29, 0.717) is 6.61 Å². The van der Waals surface area contributed by atoms with E-state index < -0.39 is 5.54 Å². The van der Waals surface area contributed by atoms with Gasteiger partial charge in [0.05, 0.1) is 6.61 Å². The molecule has 0 aromatic carbocycles. The van der Waals surface area contributed by atoms with Gasteiger partial charge in [-0.05, 0) is 66.1 Å². The highest BCUT2D eigenvalue weighted by Crippen LogP contribution is 2.26. The zero-order chi connectivity index (χ0) is 14.3. The lowest BCUT2D eigenvalue weighted by atomic mass is 9.95. The average Bonchev–Trinajstić information content (AvgIpc) is 3.20. The Labute approximate surface area is 117 Å². The zero-order valence-electron chi connectivity index (χ0n) is 13.0. The maximum Gasteiger partial charge on any atom is 0.326 e. The minimum Gasteiger partial charge on any atom is -0.465 e. The quantitative estimate of drug-likeness (QED) is 0.618. The molecule has 1 aliphatic rings. The summed E-state index contributed by atoms with van der Waals surface area (Å²) in [6.45, 7) is 8.31. The highest BCUT2D eigenvalue weighted by molar-refractivity contribution is 5.80. The molecule has 0 amide bonds. The van der Waals surface area contributed by atoms with Crippen LogP contribution in [-0.4, -0.2) is 49.2 Å². The van der Waals surface area contributed by atoms with Crippen molar-refractivity contribution in [2.24, 2.45) is 0 Å². The van der Waals surface area contributed by atoms with Crippen molar-refractivity contribution in [3.63, 3.8) is 0 Å². The highest BCUT2D eigenvalue weighted by Gasteiger charge is 2.34. The zero-order valence-corrected chi connectivity index (χ0v) is 13.0. The van der Waals surface area contributed by atoms with Gasteiger partial charge in [0, 0.05) is 6.04 Å². The van der Waals surface area contributed by atoms with Crippen LogP contribution in [0.5, 0.6) is 0 Å². The number of nitrogens with zero attached hydrogens (tertiary/aromatic N) is 1. The van der Waals surface area contributed by atoms with E-state index in [1.54, 1.807) is 0 Å². The van der Waals surface area contributed by atoms with E-state index in [-0.39, 0.29) is 5.97 Å². The van der Waals surface area contributed by atoms with Gasteiger partial charge in [-0.1, -0.05) is 6.92 Å². The smallest absolute Gasteiger partial charge is 0.326 e. The molecule has 0 heterocycles. The molecule has 0 radical (unpaired) electrons. The Morgan fingerprint density at radius 2 is 2.11 bits per heavy atom. The minimum atomic E-state index is -0.531. The van der Waals surface area contributed by atoms with E-state index in [0.717, 1.165) is 38.4 Å². The van der Waals surface area contributed by atoms with Gasteiger partial charge in [-0.25, -0.2) is 0 Å². The van der Waals surface area contributed by atoms with E-state index >= 15 is 0 Å². The second-order valence-corrected chi connectivity index (χ2v) is 5.79. The van der Waals surface area contributed by atoms with E-state index in [2.05, 4.69) is 24.2 Å². The summed E-state index contributed by atoms with van der Waals surface area (Å²) < 4.78 is 5.21. The molecule has 19 heavy (non-hydrogen) atoms. The van der Waals surface area contributed by atoms with Gasteiger partial charge in [0.15, 0.2) is 0 Å². The van der Waals surface area contributed by atoms with Gasteiger partial charge in [0.25, 0.3) is 0 Å². The minimum absolute atomic E-state index is 0.113. The van der Waals surface area contributed by atoms with Crippen molar-refractivity contribution in [1.29, 1.82) is 0 Å². The third kappa shape index (κ3) is 5.49. The molecule has 1 atom stereocenters. The summed E-state index contributed by atoms with van der Waals surface area (Å²) in [4.78, 5) is 14.5. The molecular weight excluding hydrogens is 240 g/mol. The van der Waals surface area contributed by atoms with E-state index in [1.165, 1.54) is 12.8 Å². The van der Waals surface area contributed by atoms with Crippen molar-refractivity contribution in [2.45, 2.75) is 64.5 Å². The molecule has 1 aliphatic carbocycles. The van der Waals surface area contributed by atoms with Crippen molar-refractivity contribution in [2.75, 3.05) is 26.7 Å². The lowest BCUT2D eigenvalue weighted by Crippen LogP contribution is -2.51. The summed E-state index contributed by atoms with van der Waals surface area (Å²) >= 11 is 0. The molecule has 0 saturated heterocycles. The van der Waals surface area contributed by atoms with Gasteiger partial charge < -0.3 is 15.0 Å². The molecule has 0 aliphatic heterocycles. The summed E-state index contributed by atoms with van der Waals surface area (Å²) in [5, 5.41) is 3.36. The fourth-order valence-corrected chi connectivity index (χ4v) is 2.33. The molecule has 0 bridgehead atoms. The van der Waals surface area contributed by atoms with Gasteiger partial charge >= 0.3 is 5.97 Å². The molecule has 1 unspecified atom stereocenters. The van der Waals surface area contributed by atoms with E-state index in [1.807, 2.05) is 13.8 Å². The predicted molar refractivity (Wildman–Crippen MR) is 78.2 cm³/mol. The number of carbonyl (C=O) groups is 1. The monoisotopic (exact) mass is 270 g/mol. The van der Waals surface area contributed by atoms with Crippen molar-refractivity contribution in [3.05, 3.63) is 0 Å². The molecule has 1 rings (SSSR count). The van der Waals surface area contributed by atoms with Gasteiger partial charge in [0.1, 0.15) is 5.54 Å². The Morgan fingerprint density at radius 3 is 2.63 bits per heavy atom. The van der Waals surface area contributed by atoms with Crippen molar-refractivity contribution < 1.29 is 9.53 Å².